The van der Waals surface area contributed by atoms with Gasteiger partial charge in [0.1, 0.15) is 17.2 Å². The number of hydrogen-bond acceptors (Lipinski definition) is 4. The van der Waals surface area contributed by atoms with Crippen molar-refractivity contribution < 1.29 is 4.42 Å². The number of rotatable bonds is 4. The third kappa shape index (κ3) is 3.50. The molecule has 4 aromatic rings. The molecule has 0 spiro atoms. The number of hydrogen-bond donors (Lipinski definition) is 1. The van der Waals surface area contributed by atoms with E-state index >= 15 is 0 Å². The zero-order valence-electron chi connectivity index (χ0n) is 13.6. The molecule has 0 saturated carbocycles. The van der Waals surface area contributed by atoms with Crippen LogP contribution in [-0.4, -0.2) is 15.2 Å². The standard InChI is InChI=1S/C20H14BrN3O2/c21-15-8-6-13(7-9-15)18-11-10-16(26-18)12-17-20(25)24-23-19(22-17)14-4-2-1-3-5-14/h1-11H,12H2,(H,24,25). The van der Waals surface area contributed by atoms with Crippen LogP contribution in [0.5, 0.6) is 0 Å². The lowest BCUT2D eigenvalue weighted by Crippen LogP contribution is -2.17. The third-order valence-electron chi connectivity index (χ3n) is 3.93. The molecule has 0 radical (unpaired) electrons. The highest BCUT2D eigenvalue weighted by atomic mass is 79.9. The molecule has 0 aliphatic carbocycles. The van der Waals surface area contributed by atoms with Crippen LogP contribution in [0, 0.1) is 0 Å². The molecule has 0 atom stereocenters. The Bertz CT molecular complexity index is 1090. The molecule has 6 heteroatoms. The SMILES string of the molecule is O=c1[nH]nc(-c2ccccc2)nc1Cc1ccc(-c2ccc(Br)cc2)o1. The van der Waals surface area contributed by atoms with E-state index < -0.39 is 0 Å². The summed E-state index contributed by atoms with van der Waals surface area (Å²) in [4.78, 5) is 16.5. The second-order valence-electron chi connectivity index (χ2n) is 5.75. The zero-order chi connectivity index (χ0) is 17.9. The summed E-state index contributed by atoms with van der Waals surface area (Å²) in [6.45, 7) is 0. The molecule has 0 aliphatic rings. The van der Waals surface area contributed by atoms with Crippen molar-refractivity contribution in [2.24, 2.45) is 0 Å². The van der Waals surface area contributed by atoms with Gasteiger partial charge in [-0.05, 0) is 24.3 Å². The molecular weight excluding hydrogens is 394 g/mol. The molecule has 26 heavy (non-hydrogen) atoms. The number of aromatic nitrogens is 3. The quantitative estimate of drug-likeness (QED) is 0.542. The number of benzene rings is 2. The van der Waals surface area contributed by atoms with Crippen LogP contribution in [0.4, 0.5) is 0 Å². The summed E-state index contributed by atoms with van der Waals surface area (Å²) in [7, 11) is 0. The maximum atomic E-state index is 12.1. The van der Waals surface area contributed by atoms with Gasteiger partial charge >= 0.3 is 0 Å². The summed E-state index contributed by atoms with van der Waals surface area (Å²) in [6, 6.07) is 21.1. The Hall–Kier alpha value is -2.99. The number of nitrogens with zero attached hydrogens (tertiary/aromatic N) is 2. The van der Waals surface area contributed by atoms with Crippen LogP contribution in [0.3, 0.4) is 0 Å². The Morgan fingerprint density at radius 1 is 0.923 bits per heavy atom. The minimum absolute atomic E-state index is 0.300. The largest absolute Gasteiger partial charge is 0.461 e. The molecule has 128 valence electrons. The Labute approximate surface area is 157 Å². The molecule has 5 nitrogen and oxygen atoms in total. The summed E-state index contributed by atoms with van der Waals surface area (Å²) < 4.78 is 6.89. The number of halogens is 1. The molecule has 0 aliphatic heterocycles. The maximum absolute atomic E-state index is 12.1. The van der Waals surface area contributed by atoms with E-state index in [1.165, 1.54) is 0 Å². The van der Waals surface area contributed by atoms with E-state index in [2.05, 4.69) is 31.1 Å². The summed E-state index contributed by atoms with van der Waals surface area (Å²) in [5.41, 5.74) is 1.88. The Morgan fingerprint density at radius 2 is 1.69 bits per heavy atom. The minimum Gasteiger partial charge on any atom is -0.461 e. The Kier molecular flexibility index (Phi) is 4.50. The molecule has 1 N–H and O–H groups in total. The van der Waals surface area contributed by atoms with Gasteiger partial charge in [0.05, 0.1) is 6.42 Å². The molecule has 0 amide bonds. The lowest BCUT2D eigenvalue weighted by Gasteiger charge is -2.02. The lowest BCUT2D eigenvalue weighted by atomic mass is 10.2. The summed E-state index contributed by atoms with van der Waals surface area (Å²) >= 11 is 3.42. The first-order valence-electron chi connectivity index (χ1n) is 8.05. The number of aromatic amines is 1. The fourth-order valence-electron chi connectivity index (χ4n) is 2.62. The monoisotopic (exact) mass is 407 g/mol. The number of nitrogens with one attached hydrogen (secondary N) is 1. The summed E-state index contributed by atoms with van der Waals surface area (Å²) in [5, 5.41) is 6.55. The van der Waals surface area contributed by atoms with Crippen molar-refractivity contribution in [2.45, 2.75) is 6.42 Å². The minimum atomic E-state index is -0.314. The fraction of sp³-hybridized carbons (Fsp3) is 0.0500. The van der Waals surface area contributed by atoms with Crippen LogP contribution in [-0.2, 0) is 6.42 Å². The van der Waals surface area contributed by atoms with Gasteiger partial charge in [-0.3, -0.25) is 4.79 Å². The van der Waals surface area contributed by atoms with Crippen molar-refractivity contribution in [2.75, 3.05) is 0 Å². The smallest absolute Gasteiger partial charge is 0.286 e. The number of H-pyrrole nitrogens is 1. The average molecular weight is 408 g/mol. The van der Waals surface area contributed by atoms with E-state index in [0.29, 0.717) is 23.7 Å². The number of furan rings is 1. The molecular formula is C20H14BrN3O2. The van der Waals surface area contributed by atoms with E-state index in [1.54, 1.807) is 0 Å². The third-order valence-corrected chi connectivity index (χ3v) is 4.46. The molecule has 2 aromatic carbocycles. The van der Waals surface area contributed by atoms with E-state index in [-0.39, 0.29) is 5.56 Å². The highest BCUT2D eigenvalue weighted by molar-refractivity contribution is 9.10. The maximum Gasteiger partial charge on any atom is 0.286 e. The predicted octanol–water partition coefficient (Wildman–Crippen LogP) is 4.45. The average Bonchev–Trinajstić information content (AvgIpc) is 3.13. The second-order valence-corrected chi connectivity index (χ2v) is 6.67. The van der Waals surface area contributed by atoms with Gasteiger partial charge in [0, 0.05) is 15.6 Å². The van der Waals surface area contributed by atoms with Gasteiger partial charge in [0.15, 0.2) is 5.82 Å². The van der Waals surface area contributed by atoms with Crippen molar-refractivity contribution in [1.29, 1.82) is 0 Å². The zero-order valence-corrected chi connectivity index (χ0v) is 15.2. The molecule has 2 heterocycles. The van der Waals surface area contributed by atoms with Crippen molar-refractivity contribution >= 4 is 15.9 Å². The van der Waals surface area contributed by atoms with Crippen LogP contribution in [0.25, 0.3) is 22.7 Å². The lowest BCUT2D eigenvalue weighted by molar-refractivity contribution is 0.531. The van der Waals surface area contributed by atoms with E-state index in [1.807, 2.05) is 66.7 Å². The Morgan fingerprint density at radius 3 is 2.46 bits per heavy atom. The molecule has 0 saturated heterocycles. The van der Waals surface area contributed by atoms with E-state index in [4.69, 9.17) is 4.42 Å². The fourth-order valence-corrected chi connectivity index (χ4v) is 2.88. The summed E-state index contributed by atoms with van der Waals surface area (Å²) in [5.74, 6) is 1.91. The van der Waals surface area contributed by atoms with Crippen LogP contribution in [0.1, 0.15) is 11.5 Å². The van der Waals surface area contributed by atoms with Gasteiger partial charge in [-0.25, -0.2) is 10.1 Å². The predicted molar refractivity (Wildman–Crippen MR) is 103 cm³/mol. The first-order chi connectivity index (χ1) is 12.7. The van der Waals surface area contributed by atoms with Crippen LogP contribution < -0.4 is 5.56 Å². The highest BCUT2D eigenvalue weighted by Gasteiger charge is 2.11. The molecule has 0 unspecified atom stereocenters. The van der Waals surface area contributed by atoms with Crippen LogP contribution in [0.15, 0.2) is 80.4 Å². The second kappa shape index (κ2) is 7.09. The van der Waals surface area contributed by atoms with Crippen molar-refractivity contribution in [3.05, 3.63) is 93.0 Å². The van der Waals surface area contributed by atoms with Gasteiger partial charge in [0.2, 0.25) is 0 Å². The Balaban J connectivity index is 1.62. The van der Waals surface area contributed by atoms with Crippen LogP contribution in [0.2, 0.25) is 0 Å². The molecule has 0 bridgehead atoms. The summed E-state index contributed by atoms with van der Waals surface area (Å²) in [6.07, 6.45) is 0.300. The van der Waals surface area contributed by atoms with E-state index in [0.717, 1.165) is 21.4 Å². The van der Waals surface area contributed by atoms with Crippen molar-refractivity contribution in [3.8, 4) is 22.7 Å². The first kappa shape index (κ1) is 16.5. The highest BCUT2D eigenvalue weighted by Crippen LogP contribution is 2.24. The topological polar surface area (TPSA) is 71.8 Å². The van der Waals surface area contributed by atoms with Crippen molar-refractivity contribution in [3.63, 3.8) is 0 Å². The van der Waals surface area contributed by atoms with Gasteiger partial charge in [-0.1, -0.05) is 58.4 Å². The van der Waals surface area contributed by atoms with Crippen molar-refractivity contribution in [1.82, 2.24) is 15.2 Å². The molecule has 0 fully saturated rings. The van der Waals surface area contributed by atoms with Gasteiger partial charge in [-0.2, -0.15) is 5.10 Å². The van der Waals surface area contributed by atoms with Gasteiger partial charge in [-0.15, -0.1) is 0 Å². The first-order valence-corrected chi connectivity index (χ1v) is 8.84. The van der Waals surface area contributed by atoms with Gasteiger partial charge < -0.3 is 4.42 Å². The van der Waals surface area contributed by atoms with E-state index in [9.17, 15) is 4.79 Å². The van der Waals surface area contributed by atoms with Gasteiger partial charge in [0.25, 0.3) is 5.56 Å². The molecule has 2 aromatic heterocycles. The molecule has 4 rings (SSSR count). The normalized spacial score (nSPS) is 10.8. The van der Waals surface area contributed by atoms with Crippen LogP contribution >= 0.6 is 15.9 Å².